The Morgan fingerprint density at radius 2 is 1.75 bits per heavy atom. The van der Waals surface area contributed by atoms with Gasteiger partial charge in [0.1, 0.15) is 12.4 Å². The first-order chi connectivity index (χ1) is 11.8. The highest BCUT2D eigenvalue weighted by molar-refractivity contribution is 5.29. The van der Waals surface area contributed by atoms with Crippen molar-refractivity contribution < 1.29 is 4.74 Å². The molecule has 0 aliphatic carbocycles. The highest BCUT2D eigenvalue weighted by Crippen LogP contribution is 2.15. The van der Waals surface area contributed by atoms with E-state index in [1.807, 2.05) is 36.5 Å². The van der Waals surface area contributed by atoms with Crippen LogP contribution in [0, 0.1) is 6.92 Å². The van der Waals surface area contributed by atoms with Crippen molar-refractivity contribution >= 4 is 0 Å². The second-order valence-electron chi connectivity index (χ2n) is 5.85. The summed E-state index contributed by atoms with van der Waals surface area (Å²) >= 11 is 0. The maximum Gasteiger partial charge on any atom is 0.120 e. The molecule has 0 aliphatic rings. The van der Waals surface area contributed by atoms with Crippen molar-refractivity contribution in [2.24, 2.45) is 0 Å². The Bertz CT molecular complexity index is 754. The van der Waals surface area contributed by atoms with E-state index in [1.165, 1.54) is 16.7 Å². The fourth-order valence-electron chi connectivity index (χ4n) is 2.43. The number of hydrogen-bond acceptors (Lipinski definition) is 3. The number of benzene rings is 2. The van der Waals surface area contributed by atoms with Crippen molar-refractivity contribution in [3.05, 3.63) is 95.3 Å². The molecule has 0 saturated heterocycles. The molecule has 0 aliphatic heterocycles. The maximum atomic E-state index is 5.90. The molecule has 0 fully saturated rings. The minimum atomic E-state index is 0.588. The van der Waals surface area contributed by atoms with E-state index in [2.05, 4.69) is 53.6 Å². The monoisotopic (exact) mass is 318 g/mol. The second-order valence-corrected chi connectivity index (χ2v) is 5.85. The van der Waals surface area contributed by atoms with E-state index in [-0.39, 0.29) is 0 Å². The van der Waals surface area contributed by atoms with Crippen LogP contribution < -0.4 is 10.1 Å². The maximum absolute atomic E-state index is 5.90. The normalized spacial score (nSPS) is 10.5. The van der Waals surface area contributed by atoms with E-state index in [9.17, 15) is 0 Å². The molecule has 3 aromatic rings. The van der Waals surface area contributed by atoms with Gasteiger partial charge in [0, 0.05) is 19.3 Å². The Hall–Kier alpha value is -2.65. The highest BCUT2D eigenvalue weighted by Gasteiger charge is 1.99. The van der Waals surface area contributed by atoms with Crippen LogP contribution in [0.1, 0.15) is 22.4 Å². The zero-order valence-electron chi connectivity index (χ0n) is 13.9. The lowest BCUT2D eigenvalue weighted by Gasteiger charge is -2.09. The van der Waals surface area contributed by atoms with Crippen molar-refractivity contribution in [2.75, 3.05) is 0 Å². The summed E-state index contributed by atoms with van der Waals surface area (Å²) in [5.41, 5.74) is 4.69. The lowest BCUT2D eigenvalue weighted by atomic mass is 10.2. The summed E-state index contributed by atoms with van der Waals surface area (Å²) in [4.78, 5) is 4.31. The van der Waals surface area contributed by atoms with E-state index in [4.69, 9.17) is 4.74 Å². The van der Waals surface area contributed by atoms with Gasteiger partial charge < -0.3 is 10.1 Å². The van der Waals surface area contributed by atoms with E-state index in [0.29, 0.717) is 6.61 Å². The van der Waals surface area contributed by atoms with Crippen LogP contribution in [0.4, 0.5) is 0 Å². The van der Waals surface area contributed by atoms with Crippen LogP contribution in [0.25, 0.3) is 0 Å². The molecule has 3 heteroatoms. The zero-order chi connectivity index (χ0) is 16.6. The molecule has 2 aromatic carbocycles. The summed E-state index contributed by atoms with van der Waals surface area (Å²) in [5.74, 6) is 0.896. The third kappa shape index (κ3) is 4.93. The van der Waals surface area contributed by atoms with Crippen molar-refractivity contribution in [1.29, 1.82) is 0 Å². The van der Waals surface area contributed by atoms with Gasteiger partial charge in [0.15, 0.2) is 0 Å². The average Bonchev–Trinajstić information content (AvgIpc) is 2.63. The number of aryl methyl sites for hydroxylation is 1. The summed E-state index contributed by atoms with van der Waals surface area (Å²) in [6.45, 7) is 4.23. The van der Waals surface area contributed by atoms with E-state index in [0.717, 1.165) is 24.5 Å². The summed E-state index contributed by atoms with van der Waals surface area (Å²) in [6, 6.07) is 22.6. The summed E-state index contributed by atoms with van der Waals surface area (Å²) in [5, 5.41) is 3.41. The Balaban J connectivity index is 1.51. The molecule has 0 unspecified atom stereocenters. The fourth-order valence-corrected chi connectivity index (χ4v) is 2.43. The van der Waals surface area contributed by atoms with Crippen LogP contribution in [0.5, 0.6) is 5.75 Å². The summed E-state index contributed by atoms with van der Waals surface area (Å²) in [6.07, 6.45) is 1.82. The Morgan fingerprint density at radius 3 is 2.54 bits per heavy atom. The first-order valence-corrected chi connectivity index (χ1v) is 8.17. The van der Waals surface area contributed by atoms with Crippen LogP contribution in [-0.4, -0.2) is 4.98 Å². The molecule has 1 aromatic heterocycles. The molecule has 0 bridgehead atoms. The van der Waals surface area contributed by atoms with E-state index in [1.54, 1.807) is 0 Å². The SMILES string of the molecule is Cc1ccc(COc2cccc(CNCc3ccccn3)c2)cc1. The van der Waals surface area contributed by atoms with Crippen molar-refractivity contribution in [3.8, 4) is 5.75 Å². The van der Waals surface area contributed by atoms with E-state index >= 15 is 0 Å². The predicted octanol–water partition coefficient (Wildman–Crippen LogP) is 4.26. The standard InChI is InChI=1S/C21H22N2O/c1-17-8-10-18(11-9-17)16-24-21-7-4-5-19(13-21)14-22-15-20-6-2-3-12-23-20/h2-13,22H,14-16H2,1H3. The van der Waals surface area contributed by atoms with Gasteiger partial charge in [-0.3, -0.25) is 4.98 Å². The highest BCUT2D eigenvalue weighted by atomic mass is 16.5. The Labute approximate surface area is 143 Å². The molecular formula is C21H22N2O. The number of nitrogens with zero attached hydrogens (tertiary/aromatic N) is 1. The molecule has 0 spiro atoms. The molecule has 0 amide bonds. The van der Waals surface area contributed by atoms with Crippen molar-refractivity contribution in [3.63, 3.8) is 0 Å². The van der Waals surface area contributed by atoms with Crippen LogP contribution in [0.15, 0.2) is 72.9 Å². The molecule has 0 atom stereocenters. The second kappa shape index (κ2) is 8.27. The molecular weight excluding hydrogens is 296 g/mol. The van der Waals surface area contributed by atoms with Crippen molar-refractivity contribution in [2.45, 2.75) is 26.6 Å². The van der Waals surface area contributed by atoms with Gasteiger partial charge in [-0.2, -0.15) is 0 Å². The smallest absolute Gasteiger partial charge is 0.120 e. The van der Waals surface area contributed by atoms with Gasteiger partial charge in [0.2, 0.25) is 0 Å². The number of rotatable bonds is 7. The predicted molar refractivity (Wildman–Crippen MR) is 96.7 cm³/mol. The first kappa shape index (κ1) is 16.2. The number of hydrogen-bond donors (Lipinski definition) is 1. The summed E-state index contributed by atoms with van der Waals surface area (Å²) < 4.78 is 5.90. The minimum Gasteiger partial charge on any atom is -0.489 e. The first-order valence-electron chi connectivity index (χ1n) is 8.17. The molecule has 122 valence electrons. The van der Waals surface area contributed by atoms with Gasteiger partial charge in [0.05, 0.1) is 5.69 Å². The van der Waals surface area contributed by atoms with Gasteiger partial charge in [0.25, 0.3) is 0 Å². The van der Waals surface area contributed by atoms with E-state index < -0.39 is 0 Å². The van der Waals surface area contributed by atoms with Gasteiger partial charge in [-0.05, 0) is 42.3 Å². The number of nitrogens with one attached hydrogen (secondary N) is 1. The molecule has 3 nitrogen and oxygen atoms in total. The Morgan fingerprint density at radius 1 is 0.875 bits per heavy atom. The van der Waals surface area contributed by atoms with Crippen LogP contribution >= 0.6 is 0 Å². The molecule has 1 N–H and O–H groups in total. The topological polar surface area (TPSA) is 34.1 Å². The largest absolute Gasteiger partial charge is 0.489 e. The van der Waals surface area contributed by atoms with Gasteiger partial charge >= 0.3 is 0 Å². The quantitative estimate of drug-likeness (QED) is 0.707. The molecule has 0 saturated carbocycles. The lowest BCUT2D eigenvalue weighted by Crippen LogP contribution is -2.13. The van der Waals surface area contributed by atoms with Crippen molar-refractivity contribution in [1.82, 2.24) is 10.3 Å². The Kier molecular flexibility index (Phi) is 5.59. The van der Waals surface area contributed by atoms with Gasteiger partial charge in [-0.1, -0.05) is 48.0 Å². The minimum absolute atomic E-state index is 0.588. The average molecular weight is 318 g/mol. The fraction of sp³-hybridized carbons (Fsp3) is 0.190. The van der Waals surface area contributed by atoms with Crippen LogP contribution in [0.2, 0.25) is 0 Å². The molecule has 24 heavy (non-hydrogen) atoms. The summed E-state index contributed by atoms with van der Waals surface area (Å²) in [7, 11) is 0. The molecule has 0 radical (unpaired) electrons. The van der Waals surface area contributed by atoms with Crippen LogP contribution in [0.3, 0.4) is 0 Å². The van der Waals surface area contributed by atoms with Gasteiger partial charge in [-0.25, -0.2) is 0 Å². The lowest BCUT2D eigenvalue weighted by molar-refractivity contribution is 0.306. The molecule has 1 heterocycles. The van der Waals surface area contributed by atoms with Gasteiger partial charge in [-0.15, -0.1) is 0 Å². The van der Waals surface area contributed by atoms with Crippen LogP contribution in [-0.2, 0) is 19.7 Å². The number of aromatic nitrogens is 1. The third-order valence-electron chi connectivity index (χ3n) is 3.79. The number of pyridine rings is 1. The number of ether oxygens (including phenoxy) is 1. The molecule has 3 rings (SSSR count). The zero-order valence-corrected chi connectivity index (χ0v) is 13.9. The third-order valence-corrected chi connectivity index (χ3v) is 3.79.